The van der Waals surface area contributed by atoms with E-state index in [4.69, 9.17) is 0 Å². The minimum absolute atomic E-state index is 0.0274. The lowest BCUT2D eigenvalue weighted by Crippen LogP contribution is -2.09. The van der Waals surface area contributed by atoms with Crippen molar-refractivity contribution in [1.29, 1.82) is 0 Å². The number of imidazole rings is 1. The van der Waals surface area contributed by atoms with Gasteiger partial charge in [0.1, 0.15) is 11.6 Å². The fourth-order valence-corrected chi connectivity index (χ4v) is 1.59. The van der Waals surface area contributed by atoms with Gasteiger partial charge >= 0.3 is 13.2 Å². The first kappa shape index (κ1) is 14.2. The molecule has 0 bridgehead atoms. The van der Waals surface area contributed by atoms with Gasteiger partial charge in [-0.2, -0.15) is 17.6 Å². The molecule has 108 valence electrons. The zero-order valence-electron chi connectivity index (χ0n) is 10.1. The summed E-state index contributed by atoms with van der Waals surface area (Å²) < 4.78 is 54.0. The molecule has 2 rings (SSSR count). The van der Waals surface area contributed by atoms with Crippen LogP contribution in [0, 0.1) is 0 Å². The fraction of sp³-hybridized carbons (Fsp3) is 0.250. The molecule has 2 aromatic rings. The van der Waals surface area contributed by atoms with Crippen molar-refractivity contribution >= 4 is 5.69 Å². The Bertz CT molecular complexity index is 542. The predicted octanol–water partition coefficient (Wildman–Crippen LogP) is 3.49. The van der Waals surface area contributed by atoms with Gasteiger partial charge < -0.3 is 10.1 Å². The lowest BCUT2D eigenvalue weighted by molar-refractivity contribution is -0.0498. The molecule has 8 heteroatoms. The van der Waals surface area contributed by atoms with Crippen molar-refractivity contribution in [2.75, 3.05) is 5.32 Å². The number of anilines is 1. The number of nitrogens with zero attached hydrogens (tertiary/aromatic N) is 2. The normalized spacial score (nSPS) is 11.1. The first-order valence-corrected chi connectivity index (χ1v) is 5.65. The minimum Gasteiger partial charge on any atom is -0.435 e. The Kier molecular flexibility index (Phi) is 4.44. The van der Waals surface area contributed by atoms with E-state index in [1.807, 2.05) is 0 Å². The van der Waals surface area contributed by atoms with Gasteiger partial charge in [-0.15, -0.1) is 0 Å². The van der Waals surface area contributed by atoms with Crippen molar-refractivity contribution in [1.82, 2.24) is 9.55 Å². The number of alkyl halides is 4. The maximum Gasteiger partial charge on any atom is 0.387 e. The average Bonchev–Trinajstić information content (AvgIpc) is 2.86. The molecule has 1 heterocycles. The van der Waals surface area contributed by atoms with Gasteiger partial charge in [0.2, 0.25) is 0 Å². The van der Waals surface area contributed by atoms with Gasteiger partial charge in [-0.1, -0.05) is 0 Å². The maximum absolute atomic E-state index is 12.6. The molecule has 0 atom stereocenters. The number of nitrogens with one attached hydrogen (secondary N) is 1. The van der Waals surface area contributed by atoms with Crippen LogP contribution in [0.25, 0.3) is 0 Å². The van der Waals surface area contributed by atoms with Gasteiger partial charge in [0.25, 0.3) is 0 Å². The molecule has 0 aliphatic heterocycles. The molecule has 1 aromatic heterocycles. The molecule has 0 fully saturated rings. The summed E-state index contributed by atoms with van der Waals surface area (Å²) in [6, 6.07) is 5.73. The Morgan fingerprint density at radius 2 is 1.85 bits per heavy atom. The molecule has 0 spiro atoms. The molecule has 4 nitrogen and oxygen atoms in total. The molecule has 0 saturated carbocycles. The standard InChI is InChI=1S/C12H11F4N3O/c13-11(14)19-6-5-17-10(19)7-18-8-1-3-9(4-2-8)20-12(15)16/h1-6,11-12,18H,7H2. The van der Waals surface area contributed by atoms with E-state index >= 15 is 0 Å². The van der Waals surface area contributed by atoms with Crippen LogP contribution in [0.4, 0.5) is 23.2 Å². The van der Waals surface area contributed by atoms with E-state index < -0.39 is 13.2 Å². The van der Waals surface area contributed by atoms with Gasteiger partial charge in [-0.05, 0) is 24.3 Å². The summed E-state index contributed by atoms with van der Waals surface area (Å²) in [5, 5.41) is 2.86. The van der Waals surface area contributed by atoms with E-state index in [-0.39, 0.29) is 18.1 Å². The topological polar surface area (TPSA) is 39.1 Å². The number of ether oxygens (including phenoxy) is 1. The number of rotatable bonds is 6. The van der Waals surface area contributed by atoms with Crippen LogP contribution in [0.1, 0.15) is 12.4 Å². The highest BCUT2D eigenvalue weighted by Crippen LogP contribution is 2.19. The third-order valence-corrected chi connectivity index (χ3v) is 2.49. The lowest BCUT2D eigenvalue weighted by atomic mass is 10.3. The first-order chi connectivity index (χ1) is 9.56. The molecular weight excluding hydrogens is 278 g/mol. The molecule has 0 amide bonds. The molecule has 0 saturated heterocycles. The van der Waals surface area contributed by atoms with E-state index in [0.717, 1.165) is 4.57 Å². The zero-order chi connectivity index (χ0) is 14.5. The van der Waals surface area contributed by atoms with E-state index in [9.17, 15) is 17.6 Å². The Balaban J connectivity index is 1.95. The van der Waals surface area contributed by atoms with Crippen molar-refractivity contribution in [3.05, 3.63) is 42.5 Å². The Morgan fingerprint density at radius 3 is 2.45 bits per heavy atom. The number of benzene rings is 1. The fourth-order valence-electron chi connectivity index (χ4n) is 1.59. The summed E-state index contributed by atoms with van der Waals surface area (Å²) in [5.74, 6) is 0.201. The highest BCUT2D eigenvalue weighted by molar-refractivity contribution is 5.46. The lowest BCUT2D eigenvalue weighted by Gasteiger charge is -2.09. The molecule has 0 radical (unpaired) electrons. The third-order valence-electron chi connectivity index (χ3n) is 2.49. The highest BCUT2D eigenvalue weighted by Gasteiger charge is 2.10. The van der Waals surface area contributed by atoms with Gasteiger partial charge in [0, 0.05) is 18.1 Å². The van der Waals surface area contributed by atoms with Crippen LogP contribution in [-0.4, -0.2) is 16.2 Å². The summed E-state index contributed by atoms with van der Waals surface area (Å²) in [4.78, 5) is 3.81. The van der Waals surface area contributed by atoms with Crippen molar-refractivity contribution in [3.63, 3.8) is 0 Å². The second-order valence-electron chi connectivity index (χ2n) is 3.78. The summed E-state index contributed by atoms with van der Waals surface area (Å²) in [5.41, 5.74) is 0.579. The van der Waals surface area contributed by atoms with Crippen LogP contribution in [0.3, 0.4) is 0 Å². The molecule has 0 aliphatic carbocycles. The summed E-state index contributed by atoms with van der Waals surface area (Å²) in [6.45, 7) is -5.45. The molecule has 1 N–H and O–H groups in total. The number of hydrogen-bond donors (Lipinski definition) is 1. The molecule has 20 heavy (non-hydrogen) atoms. The highest BCUT2D eigenvalue weighted by atomic mass is 19.3. The second kappa shape index (κ2) is 6.27. The van der Waals surface area contributed by atoms with Crippen LogP contribution in [0.2, 0.25) is 0 Å². The largest absolute Gasteiger partial charge is 0.435 e. The molecule has 0 unspecified atom stereocenters. The maximum atomic E-state index is 12.6. The van der Waals surface area contributed by atoms with Crippen LogP contribution in [0.15, 0.2) is 36.7 Å². The Labute approximate surface area is 112 Å². The van der Waals surface area contributed by atoms with E-state index in [0.29, 0.717) is 5.69 Å². The van der Waals surface area contributed by atoms with Crippen LogP contribution in [0.5, 0.6) is 5.75 Å². The number of aromatic nitrogens is 2. The quantitative estimate of drug-likeness (QED) is 0.827. The monoisotopic (exact) mass is 289 g/mol. The Hall–Kier alpha value is -2.25. The van der Waals surface area contributed by atoms with Crippen molar-refractivity contribution in [2.45, 2.75) is 19.7 Å². The van der Waals surface area contributed by atoms with E-state index in [1.54, 1.807) is 0 Å². The average molecular weight is 289 g/mol. The van der Waals surface area contributed by atoms with Gasteiger partial charge in [0.05, 0.1) is 6.54 Å². The first-order valence-electron chi connectivity index (χ1n) is 5.65. The van der Waals surface area contributed by atoms with Gasteiger partial charge in [-0.3, -0.25) is 4.57 Å². The van der Waals surface area contributed by atoms with Crippen molar-refractivity contribution in [2.24, 2.45) is 0 Å². The summed E-state index contributed by atoms with van der Waals surface area (Å²) in [7, 11) is 0. The zero-order valence-corrected chi connectivity index (χ0v) is 10.1. The Morgan fingerprint density at radius 1 is 1.15 bits per heavy atom. The molecule has 0 aliphatic rings. The molecular formula is C12H11F4N3O. The van der Waals surface area contributed by atoms with E-state index in [1.165, 1.54) is 36.7 Å². The summed E-state index contributed by atoms with van der Waals surface area (Å²) >= 11 is 0. The summed E-state index contributed by atoms with van der Waals surface area (Å²) in [6.07, 6.45) is 2.46. The van der Waals surface area contributed by atoms with Gasteiger partial charge in [-0.25, -0.2) is 4.98 Å². The smallest absolute Gasteiger partial charge is 0.387 e. The minimum atomic E-state index is -2.88. The van der Waals surface area contributed by atoms with Crippen LogP contribution >= 0.6 is 0 Å². The second-order valence-corrected chi connectivity index (χ2v) is 3.78. The predicted molar refractivity (Wildman–Crippen MR) is 63.9 cm³/mol. The van der Waals surface area contributed by atoms with Crippen molar-refractivity contribution < 1.29 is 22.3 Å². The SMILES string of the molecule is FC(F)Oc1ccc(NCc2nccn2C(F)F)cc1. The van der Waals surface area contributed by atoms with Crippen LogP contribution in [-0.2, 0) is 6.54 Å². The van der Waals surface area contributed by atoms with Gasteiger partial charge in [0.15, 0.2) is 0 Å². The molecule has 1 aromatic carbocycles. The van der Waals surface area contributed by atoms with Crippen LogP contribution < -0.4 is 10.1 Å². The van der Waals surface area contributed by atoms with E-state index in [2.05, 4.69) is 15.0 Å². The number of hydrogen-bond acceptors (Lipinski definition) is 3. The van der Waals surface area contributed by atoms with Crippen molar-refractivity contribution in [3.8, 4) is 5.75 Å². The number of halogens is 4. The third kappa shape index (κ3) is 3.62.